The molecule has 0 atom stereocenters. The van der Waals surface area contributed by atoms with Gasteiger partial charge >= 0.3 is 0 Å². The summed E-state index contributed by atoms with van der Waals surface area (Å²) in [5.41, 5.74) is 3.63. The van der Waals surface area contributed by atoms with Crippen LogP contribution in [0.4, 0.5) is 0 Å². The Labute approximate surface area is 158 Å². The second kappa shape index (κ2) is 10.2. The summed E-state index contributed by atoms with van der Waals surface area (Å²) in [5.74, 6) is 1.83. The van der Waals surface area contributed by atoms with Crippen molar-refractivity contribution in [3.63, 3.8) is 0 Å². The van der Waals surface area contributed by atoms with Crippen LogP contribution in [0.3, 0.4) is 0 Å². The maximum atomic E-state index is 5.61. The van der Waals surface area contributed by atoms with Crippen molar-refractivity contribution in [2.45, 2.75) is 46.2 Å². The summed E-state index contributed by atoms with van der Waals surface area (Å²) in [6, 6.07) is 6.80. The zero-order valence-electron chi connectivity index (χ0n) is 16.8. The van der Waals surface area contributed by atoms with Gasteiger partial charge in [-0.05, 0) is 50.8 Å². The molecule has 5 heteroatoms. The Morgan fingerprint density at radius 2 is 2.08 bits per heavy atom. The van der Waals surface area contributed by atoms with Crippen LogP contribution in [0.25, 0.3) is 0 Å². The Morgan fingerprint density at radius 1 is 1.35 bits per heavy atom. The van der Waals surface area contributed by atoms with Crippen molar-refractivity contribution < 1.29 is 4.74 Å². The number of hydrogen-bond donors (Lipinski definition) is 2. The second-order valence-electron chi connectivity index (χ2n) is 7.11. The molecule has 2 N–H and O–H groups in total. The Hall–Kier alpha value is -2.01. The number of benzene rings is 1. The molecule has 5 nitrogen and oxygen atoms in total. The SMILES string of the molecule is C=C(C)CN1CCC(NC(=NC)NCc2ccc(OCC)c(C)c2)CC1. The lowest BCUT2D eigenvalue weighted by molar-refractivity contribution is 0.221. The van der Waals surface area contributed by atoms with Gasteiger partial charge < -0.3 is 15.4 Å². The normalized spacial score (nSPS) is 16.4. The number of ether oxygens (including phenoxy) is 1. The minimum Gasteiger partial charge on any atom is -0.494 e. The number of nitrogens with zero attached hydrogens (tertiary/aromatic N) is 2. The molecule has 1 aliphatic heterocycles. The van der Waals surface area contributed by atoms with E-state index >= 15 is 0 Å². The number of likely N-dealkylation sites (tertiary alicyclic amines) is 1. The fourth-order valence-corrected chi connectivity index (χ4v) is 3.33. The number of guanidine groups is 1. The van der Waals surface area contributed by atoms with Crippen molar-refractivity contribution in [1.29, 1.82) is 0 Å². The van der Waals surface area contributed by atoms with Crippen LogP contribution in [-0.2, 0) is 6.54 Å². The van der Waals surface area contributed by atoms with E-state index in [1.165, 1.54) is 16.7 Å². The van der Waals surface area contributed by atoms with Gasteiger partial charge in [0.2, 0.25) is 0 Å². The van der Waals surface area contributed by atoms with Crippen molar-refractivity contribution in [2.24, 2.45) is 4.99 Å². The molecule has 2 rings (SSSR count). The molecule has 26 heavy (non-hydrogen) atoms. The summed E-state index contributed by atoms with van der Waals surface area (Å²) in [6.45, 7) is 14.9. The Bertz CT molecular complexity index is 618. The van der Waals surface area contributed by atoms with Gasteiger partial charge in [0.1, 0.15) is 5.75 Å². The van der Waals surface area contributed by atoms with Crippen LogP contribution in [0.5, 0.6) is 5.75 Å². The highest BCUT2D eigenvalue weighted by atomic mass is 16.5. The first kappa shape index (κ1) is 20.3. The van der Waals surface area contributed by atoms with Crippen LogP contribution >= 0.6 is 0 Å². The molecule has 144 valence electrons. The smallest absolute Gasteiger partial charge is 0.191 e. The largest absolute Gasteiger partial charge is 0.494 e. The average molecular weight is 359 g/mol. The predicted octanol–water partition coefficient (Wildman–Crippen LogP) is 3.10. The molecule has 0 aliphatic carbocycles. The molecule has 1 aromatic rings. The summed E-state index contributed by atoms with van der Waals surface area (Å²) in [5, 5.41) is 6.99. The van der Waals surface area contributed by atoms with Gasteiger partial charge in [-0.2, -0.15) is 0 Å². The molecule has 0 unspecified atom stereocenters. The number of hydrogen-bond acceptors (Lipinski definition) is 3. The molecule has 0 radical (unpaired) electrons. The van der Waals surface area contributed by atoms with Crippen LogP contribution in [0.2, 0.25) is 0 Å². The van der Waals surface area contributed by atoms with Crippen molar-refractivity contribution in [1.82, 2.24) is 15.5 Å². The highest BCUT2D eigenvalue weighted by Crippen LogP contribution is 2.19. The van der Waals surface area contributed by atoms with Crippen molar-refractivity contribution in [2.75, 3.05) is 33.3 Å². The van der Waals surface area contributed by atoms with Gasteiger partial charge in [0.15, 0.2) is 5.96 Å². The van der Waals surface area contributed by atoms with Crippen LogP contribution in [0, 0.1) is 6.92 Å². The molecular formula is C21H34N4O. The molecule has 0 saturated carbocycles. The third kappa shape index (κ3) is 6.37. The van der Waals surface area contributed by atoms with E-state index in [1.54, 1.807) is 0 Å². The number of piperidine rings is 1. The fourth-order valence-electron chi connectivity index (χ4n) is 3.33. The molecule has 1 fully saturated rings. The molecule has 1 heterocycles. The Morgan fingerprint density at radius 3 is 2.65 bits per heavy atom. The quantitative estimate of drug-likeness (QED) is 0.447. The lowest BCUT2D eigenvalue weighted by Gasteiger charge is -2.33. The molecule has 0 amide bonds. The average Bonchev–Trinajstić information content (AvgIpc) is 2.62. The first-order valence-electron chi connectivity index (χ1n) is 9.58. The van der Waals surface area contributed by atoms with Gasteiger partial charge in [0.05, 0.1) is 6.61 Å². The van der Waals surface area contributed by atoms with Gasteiger partial charge in [-0.25, -0.2) is 0 Å². The first-order valence-corrected chi connectivity index (χ1v) is 9.58. The zero-order chi connectivity index (χ0) is 18.9. The third-order valence-corrected chi connectivity index (χ3v) is 4.64. The van der Waals surface area contributed by atoms with Gasteiger partial charge in [0.25, 0.3) is 0 Å². The Kier molecular flexibility index (Phi) is 7.98. The fraction of sp³-hybridized carbons (Fsp3) is 0.571. The maximum absolute atomic E-state index is 5.61. The van der Waals surface area contributed by atoms with Crippen LogP contribution < -0.4 is 15.4 Å². The molecular weight excluding hydrogens is 324 g/mol. The van der Waals surface area contributed by atoms with E-state index in [9.17, 15) is 0 Å². The highest BCUT2D eigenvalue weighted by molar-refractivity contribution is 5.80. The summed E-state index contributed by atoms with van der Waals surface area (Å²) >= 11 is 0. The lowest BCUT2D eigenvalue weighted by atomic mass is 10.0. The Balaban J connectivity index is 1.80. The molecule has 0 spiro atoms. The van der Waals surface area contributed by atoms with Gasteiger partial charge in [-0.1, -0.05) is 24.3 Å². The van der Waals surface area contributed by atoms with Crippen molar-refractivity contribution >= 4 is 5.96 Å². The molecule has 1 aromatic carbocycles. The maximum Gasteiger partial charge on any atom is 0.191 e. The third-order valence-electron chi connectivity index (χ3n) is 4.64. The van der Waals surface area contributed by atoms with Crippen LogP contribution in [0.15, 0.2) is 35.3 Å². The topological polar surface area (TPSA) is 48.9 Å². The van der Waals surface area contributed by atoms with E-state index in [-0.39, 0.29) is 0 Å². The highest BCUT2D eigenvalue weighted by Gasteiger charge is 2.19. The first-order chi connectivity index (χ1) is 12.5. The summed E-state index contributed by atoms with van der Waals surface area (Å²) < 4.78 is 5.61. The number of nitrogens with one attached hydrogen (secondary N) is 2. The van der Waals surface area contributed by atoms with E-state index in [4.69, 9.17) is 4.74 Å². The minimum atomic E-state index is 0.477. The van der Waals surface area contributed by atoms with E-state index < -0.39 is 0 Å². The summed E-state index contributed by atoms with van der Waals surface area (Å²) in [4.78, 5) is 6.85. The van der Waals surface area contributed by atoms with Crippen molar-refractivity contribution in [3.05, 3.63) is 41.5 Å². The van der Waals surface area contributed by atoms with E-state index in [2.05, 4.69) is 53.1 Å². The van der Waals surface area contributed by atoms with Gasteiger partial charge in [0, 0.05) is 39.3 Å². The monoisotopic (exact) mass is 358 g/mol. The van der Waals surface area contributed by atoms with Gasteiger partial charge in [-0.3, -0.25) is 9.89 Å². The van der Waals surface area contributed by atoms with E-state index in [0.717, 1.165) is 50.7 Å². The zero-order valence-corrected chi connectivity index (χ0v) is 16.8. The lowest BCUT2D eigenvalue weighted by Crippen LogP contribution is -2.48. The number of rotatable bonds is 7. The summed E-state index contributed by atoms with van der Waals surface area (Å²) in [7, 11) is 1.83. The molecule has 0 aromatic heterocycles. The second-order valence-corrected chi connectivity index (χ2v) is 7.11. The van der Waals surface area contributed by atoms with E-state index in [1.807, 2.05) is 20.0 Å². The van der Waals surface area contributed by atoms with Crippen LogP contribution in [-0.4, -0.2) is 50.2 Å². The van der Waals surface area contributed by atoms with Crippen molar-refractivity contribution in [3.8, 4) is 5.75 Å². The minimum absolute atomic E-state index is 0.477. The number of aliphatic imine (C=N–C) groups is 1. The predicted molar refractivity (Wildman–Crippen MR) is 110 cm³/mol. The van der Waals surface area contributed by atoms with E-state index in [0.29, 0.717) is 12.6 Å². The molecule has 0 bridgehead atoms. The standard InChI is InChI=1S/C21H34N4O/c1-6-26-20-8-7-18(13-17(20)4)14-23-21(22-5)24-19-9-11-25(12-10-19)15-16(2)3/h7-8,13,19H,2,6,9-12,14-15H2,1,3-5H3,(H2,22,23,24). The van der Waals surface area contributed by atoms with Crippen LogP contribution in [0.1, 0.15) is 37.8 Å². The van der Waals surface area contributed by atoms with Gasteiger partial charge in [-0.15, -0.1) is 0 Å². The summed E-state index contributed by atoms with van der Waals surface area (Å²) in [6.07, 6.45) is 2.27. The molecule has 1 saturated heterocycles. The number of aryl methyl sites for hydroxylation is 1. The molecule has 1 aliphatic rings.